The van der Waals surface area contributed by atoms with Gasteiger partial charge in [0, 0.05) is 6.08 Å². The van der Waals surface area contributed by atoms with Gasteiger partial charge in [0.05, 0.1) is 6.61 Å². The van der Waals surface area contributed by atoms with Gasteiger partial charge in [-0.3, -0.25) is 0 Å². The van der Waals surface area contributed by atoms with Gasteiger partial charge in [-0.1, -0.05) is 25.8 Å². The van der Waals surface area contributed by atoms with Gasteiger partial charge in [0.2, 0.25) is 0 Å². The van der Waals surface area contributed by atoms with E-state index in [1.165, 1.54) is 0 Å². The lowest BCUT2D eigenvalue weighted by atomic mass is 10.2. The van der Waals surface area contributed by atoms with Crippen LogP contribution >= 0.6 is 0 Å². The van der Waals surface area contributed by atoms with E-state index in [1.807, 2.05) is 13.8 Å². The van der Waals surface area contributed by atoms with E-state index in [2.05, 4.69) is 6.92 Å². The molecule has 0 fully saturated rings. The Kier molecular flexibility index (Phi) is 6.44. The van der Waals surface area contributed by atoms with Crippen LogP contribution in [0.5, 0.6) is 0 Å². The number of ether oxygens (including phenoxy) is 1. The number of hydrogen-bond acceptors (Lipinski definition) is 2. The highest BCUT2D eigenvalue weighted by Gasteiger charge is 1.97. The van der Waals surface area contributed by atoms with E-state index < -0.39 is 0 Å². The van der Waals surface area contributed by atoms with Crippen LogP contribution < -0.4 is 0 Å². The Balaban J connectivity index is 3.71. The summed E-state index contributed by atoms with van der Waals surface area (Å²) < 4.78 is 4.89. The molecule has 0 aliphatic carbocycles. The van der Waals surface area contributed by atoms with Crippen LogP contribution in [0.3, 0.4) is 0 Å². The molecule has 0 unspecified atom stereocenters. The van der Waals surface area contributed by atoms with Gasteiger partial charge in [-0.15, -0.1) is 0 Å². The number of carbonyl (C=O) groups excluding carboxylic acids is 1. The van der Waals surface area contributed by atoms with Crippen LogP contribution in [-0.4, -0.2) is 12.6 Å². The normalized spacial score (nSPS) is 11.4. The summed E-state index contributed by atoms with van der Waals surface area (Å²) in [4.78, 5) is 11.0. The minimum absolute atomic E-state index is 0.206. The maximum atomic E-state index is 11.0. The van der Waals surface area contributed by atoms with Crippen LogP contribution in [0.1, 0.15) is 40.0 Å². The Morgan fingerprint density at radius 3 is 2.50 bits per heavy atom. The molecule has 0 aromatic heterocycles. The first-order valence-electron chi connectivity index (χ1n) is 4.54. The van der Waals surface area contributed by atoms with Gasteiger partial charge in [-0.25, -0.2) is 4.79 Å². The first-order valence-corrected chi connectivity index (χ1v) is 4.54. The molecule has 0 atom stereocenters. The monoisotopic (exact) mass is 170 g/mol. The third-order valence-corrected chi connectivity index (χ3v) is 1.46. The fourth-order valence-corrected chi connectivity index (χ4v) is 0.912. The van der Waals surface area contributed by atoms with Gasteiger partial charge in [0.15, 0.2) is 0 Å². The molecule has 0 aliphatic rings. The molecule has 2 heteroatoms. The third kappa shape index (κ3) is 5.96. The lowest BCUT2D eigenvalue weighted by Crippen LogP contribution is -2.02. The molecule has 0 aromatic carbocycles. The second-order valence-corrected chi connectivity index (χ2v) is 2.91. The van der Waals surface area contributed by atoms with Gasteiger partial charge in [-0.05, 0) is 19.8 Å². The van der Waals surface area contributed by atoms with E-state index in [0.717, 1.165) is 24.8 Å². The van der Waals surface area contributed by atoms with Gasteiger partial charge in [0.25, 0.3) is 0 Å². The van der Waals surface area contributed by atoms with Crippen molar-refractivity contribution in [3.8, 4) is 0 Å². The quantitative estimate of drug-likeness (QED) is 0.468. The number of carbonyl (C=O) groups is 1. The molecule has 0 N–H and O–H groups in total. The Labute approximate surface area is 74.6 Å². The molecule has 12 heavy (non-hydrogen) atoms. The number of allylic oxidation sites excluding steroid dienone is 1. The molecule has 0 rings (SSSR count). The van der Waals surface area contributed by atoms with Crippen LogP contribution in [-0.2, 0) is 9.53 Å². The standard InChI is InChI=1S/C10H18O2/c1-4-6-9(3)8-10(11)12-7-5-2/h8H,4-7H2,1-3H3. The Morgan fingerprint density at radius 1 is 1.33 bits per heavy atom. The van der Waals surface area contributed by atoms with Crippen LogP contribution in [0.4, 0.5) is 0 Å². The zero-order valence-corrected chi connectivity index (χ0v) is 8.22. The molecule has 0 saturated heterocycles. The van der Waals surface area contributed by atoms with Crippen LogP contribution in [0.2, 0.25) is 0 Å². The maximum absolute atomic E-state index is 11.0. The molecule has 0 aliphatic heterocycles. The van der Waals surface area contributed by atoms with Crippen molar-refractivity contribution in [2.45, 2.75) is 40.0 Å². The predicted molar refractivity (Wildman–Crippen MR) is 49.9 cm³/mol. The summed E-state index contributed by atoms with van der Waals surface area (Å²) in [6.07, 6.45) is 4.51. The molecule has 0 aromatic rings. The molecule has 0 spiro atoms. The van der Waals surface area contributed by atoms with Crippen molar-refractivity contribution in [1.29, 1.82) is 0 Å². The van der Waals surface area contributed by atoms with Crippen molar-refractivity contribution in [3.05, 3.63) is 11.6 Å². The number of esters is 1. The fourth-order valence-electron chi connectivity index (χ4n) is 0.912. The smallest absolute Gasteiger partial charge is 0.330 e. The lowest BCUT2D eigenvalue weighted by molar-refractivity contribution is -0.137. The molecule has 70 valence electrons. The topological polar surface area (TPSA) is 26.3 Å². The summed E-state index contributed by atoms with van der Waals surface area (Å²) >= 11 is 0. The highest BCUT2D eigenvalue weighted by Crippen LogP contribution is 2.02. The molecule has 0 saturated carbocycles. The largest absolute Gasteiger partial charge is 0.463 e. The SMILES string of the molecule is CCCOC(=O)C=C(C)CCC. The van der Waals surface area contributed by atoms with E-state index in [9.17, 15) is 4.79 Å². The average Bonchev–Trinajstić information content (AvgIpc) is 2.01. The van der Waals surface area contributed by atoms with Gasteiger partial charge in [-0.2, -0.15) is 0 Å². The van der Waals surface area contributed by atoms with Gasteiger partial charge in [0.1, 0.15) is 0 Å². The first kappa shape index (κ1) is 11.2. The van der Waals surface area contributed by atoms with Crippen LogP contribution in [0, 0.1) is 0 Å². The Hall–Kier alpha value is -0.790. The summed E-state index contributed by atoms with van der Waals surface area (Å²) in [6, 6.07) is 0. The first-order chi connectivity index (χ1) is 5.70. The van der Waals surface area contributed by atoms with Crippen molar-refractivity contribution < 1.29 is 9.53 Å². The maximum Gasteiger partial charge on any atom is 0.330 e. The van der Waals surface area contributed by atoms with Crippen molar-refractivity contribution in [2.75, 3.05) is 6.61 Å². The zero-order chi connectivity index (χ0) is 9.40. The van der Waals surface area contributed by atoms with Gasteiger partial charge >= 0.3 is 5.97 Å². The minimum Gasteiger partial charge on any atom is -0.463 e. The molecule has 0 bridgehead atoms. The van der Waals surface area contributed by atoms with E-state index in [4.69, 9.17) is 4.74 Å². The third-order valence-electron chi connectivity index (χ3n) is 1.46. The summed E-state index contributed by atoms with van der Waals surface area (Å²) in [6.45, 7) is 6.55. The van der Waals surface area contributed by atoms with Crippen molar-refractivity contribution in [1.82, 2.24) is 0 Å². The summed E-state index contributed by atoms with van der Waals surface area (Å²) in [7, 11) is 0. The molecule has 0 radical (unpaired) electrons. The lowest BCUT2D eigenvalue weighted by Gasteiger charge is -1.99. The summed E-state index contributed by atoms with van der Waals surface area (Å²) in [5.41, 5.74) is 1.10. The highest BCUT2D eigenvalue weighted by atomic mass is 16.5. The number of hydrogen-bond donors (Lipinski definition) is 0. The second-order valence-electron chi connectivity index (χ2n) is 2.91. The van der Waals surface area contributed by atoms with Crippen LogP contribution in [0.25, 0.3) is 0 Å². The van der Waals surface area contributed by atoms with Crippen molar-refractivity contribution in [3.63, 3.8) is 0 Å². The van der Waals surface area contributed by atoms with Crippen molar-refractivity contribution >= 4 is 5.97 Å². The van der Waals surface area contributed by atoms with E-state index in [1.54, 1.807) is 6.08 Å². The molecule has 2 nitrogen and oxygen atoms in total. The summed E-state index contributed by atoms with van der Waals surface area (Å²) in [5, 5.41) is 0. The highest BCUT2D eigenvalue weighted by molar-refractivity contribution is 5.82. The summed E-state index contributed by atoms with van der Waals surface area (Å²) in [5.74, 6) is -0.206. The van der Waals surface area contributed by atoms with E-state index in [-0.39, 0.29) is 5.97 Å². The van der Waals surface area contributed by atoms with Crippen molar-refractivity contribution in [2.24, 2.45) is 0 Å². The molecule has 0 amide bonds. The molecule has 0 heterocycles. The predicted octanol–water partition coefficient (Wildman–Crippen LogP) is 2.69. The molecular formula is C10H18O2. The minimum atomic E-state index is -0.206. The van der Waals surface area contributed by atoms with Crippen LogP contribution in [0.15, 0.2) is 11.6 Å². The van der Waals surface area contributed by atoms with E-state index in [0.29, 0.717) is 6.61 Å². The van der Waals surface area contributed by atoms with E-state index >= 15 is 0 Å². The molecular weight excluding hydrogens is 152 g/mol. The van der Waals surface area contributed by atoms with Gasteiger partial charge < -0.3 is 4.74 Å². The number of rotatable bonds is 5. The zero-order valence-electron chi connectivity index (χ0n) is 8.22. The average molecular weight is 170 g/mol. The Bertz CT molecular complexity index is 159. The second kappa shape index (κ2) is 6.89. The fraction of sp³-hybridized carbons (Fsp3) is 0.700. The Morgan fingerprint density at radius 2 is 2.00 bits per heavy atom.